The Morgan fingerprint density at radius 3 is 1.49 bits per heavy atom. The van der Waals surface area contributed by atoms with E-state index >= 15 is 0 Å². The van der Waals surface area contributed by atoms with E-state index in [2.05, 4.69) is 53.2 Å². The molecule has 2 heterocycles. The van der Waals surface area contributed by atoms with Gasteiger partial charge in [0.25, 0.3) is 0 Å². The first kappa shape index (κ1) is 69.6. The molecule has 0 unspecified atom stereocenters. The first-order valence-electron chi connectivity index (χ1n) is 27.6. The van der Waals surface area contributed by atoms with Crippen molar-refractivity contribution in [3.8, 4) is 0 Å². The lowest BCUT2D eigenvalue weighted by Crippen LogP contribution is -2.47. The molecule has 0 spiro atoms. The predicted octanol–water partition coefficient (Wildman–Crippen LogP) is -2.41. The summed E-state index contributed by atoms with van der Waals surface area (Å²) in [6.07, 6.45) is 7.81. The van der Waals surface area contributed by atoms with Crippen molar-refractivity contribution in [1.29, 1.82) is 0 Å². The number of carbonyl (C=O) groups excluding carboxylic acids is 11. The average Bonchev–Trinajstić information content (AvgIpc) is 3.99. The summed E-state index contributed by atoms with van der Waals surface area (Å²) in [7, 11) is 0. The fourth-order valence-electron chi connectivity index (χ4n) is 8.23. The Hall–Kier alpha value is -5.52. The highest BCUT2D eigenvalue weighted by Gasteiger charge is 2.42. The normalized spacial score (nSPS) is 16.5. The van der Waals surface area contributed by atoms with E-state index in [0.717, 1.165) is 18.6 Å². The summed E-state index contributed by atoms with van der Waals surface area (Å²) in [6.45, 7) is 5.42. The molecular weight excluding hydrogens is 1050 g/mol. The number of unbranched alkanes of at least 4 members (excludes halogenated alkanes) is 4. The van der Waals surface area contributed by atoms with Crippen LogP contribution in [0.3, 0.4) is 0 Å². The number of ether oxygens (including phenoxy) is 4. The van der Waals surface area contributed by atoms with Crippen molar-refractivity contribution in [2.24, 2.45) is 11.5 Å². The molecule has 27 nitrogen and oxygen atoms in total. The Morgan fingerprint density at radius 2 is 0.975 bits per heavy atom. The zero-order valence-electron chi connectivity index (χ0n) is 46.3. The number of Topliss-reactive ketones (excluding diaryl/α,β-unsaturated/α-hetero) is 2. The maximum absolute atomic E-state index is 13.3. The molecule has 10 amide bonds. The summed E-state index contributed by atoms with van der Waals surface area (Å²) < 4.78 is 21.4. The number of rotatable bonds is 50. The van der Waals surface area contributed by atoms with Gasteiger partial charge >= 0.3 is 6.03 Å². The van der Waals surface area contributed by atoms with Crippen LogP contribution in [0.25, 0.3) is 0 Å². The number of urea groups is 1. The zero-order chi connectivity index (χ0) is 58.0. The summed E-state index contributed by atoms with van der Waals surface area (Å²) in [6, 6.07) is -1.97. The third-order valence-corrected chi connectivity index (χ3v) is 14.0. The molecule has 79 heavy (non-hydrogen) atoms. The Bertz CT molecular complexity index is 1910. The number of primary amides is 2. The Balaban J connectivity index is 1.49. The van der Waals surface area contributed by atoms with Crippen molar-refractivity contribution in [1.82, 2.24) is 53.2 Å². The highest BCUT2D eigenvalue weighted by Crippen LogP contribution is 2.33. The molecule has 6 atom stereocenters. The average molecular weight is 1140 g/mol. The van der Waals surface area contributed by atoms with Gasteiger partial charge in [0.15, 0.2) is 0 Å². The van der Waals surface area contributed by atoms with Crippen molar-refractivity contribution >= 4 is 76.6 Å². The summed E-state index contributed by atoms with van der Waals surface area (Å²) in [5, 5.41) is 28.6. The van der Waals surface area contributed by atoms with Crippen LogP contribution in [0.1, 0.15) is 117 Å². The largest absolute Gasteiger partial charge is 0.377 e. The molecule has 2 saturated heterocycles. The van der Waals surface area contributed by atoms with Crippen LogP contribution < -0.4 is 64.6 Å². The standard InChI is InChI=1S/C51H90N12O15S/c1-35(64)30-59-37(48(52)71)12-5-8-20-55-45(69)32-77-28-27-76-25-23-57-46(70)33-78-29-26-75-24-22-56-43(67)18-11-17-42(66)54-19-9-7-14-39(50(73)58-21-10-6-13-38(49(53)72)60-31-36(2)65)61-44(68)16-4-3-15-41-47-40(34-79-41)62-51(74)63-47/h37-41,47,59-60H,3-34H2,1-2H3,(H2,52,71)(H2,53,72)(H,54,66)(H,55,69)(H,56,67)(H,57,70)(H,58,73)(H,61,68)(H2,62,63,74)/t37-,38-,39-,40-,41-,47-/m0/s1. The van der Waals surface area contributed by atoms with Gasteiger partial charge in [0.1, 0.15) is 30.8 Å². The van der Waals surface area contributed by atoms with Crippen molar-refractivity contribution in [2.75, 3.05) is 104 Å². The number of hydrogen-bond donors (Lipinski definition) is 12. The van der Waals surface area contributed by atoms with Gasteiger partial charge in [-0.05, 0) is 90.9 Å². The summed E-state index contributed by atoms with van der Waals surface area (Å²) >= 11 is 1.82. The van der Waals surface area contributed by atoms with Crippen molar-refractivity contribution in [3.05, 3.63) is 0 Å². The predicted molar refractivity (Wildman–Crippen MR) is 293 cm³/mol. The van der Waals surface area contributed by atoms with Gasteiger partial charge in [-0.25, -0.2) is 4.79 Å². The van der Waals surface area contributed by atoms with E-state index in [1.807, 2.05) is 11.8 Å². The molecule has 0 aliphatic carbocycles. The van der Waals surface area contributed by atoms with Crippen LogP contribution in [0.15, 0.2) is 0 Å². The summed E-state index contributed by atoms with van der Waals surface area (Å²) in [5.41, 5.74) is 10.8. The molecule has 2 rings (SSSR count). The van der Waals surface area contributed by atoms with E-state index in [1.54, 1.807) is 0 Å². The van der Waals surface area contributed by atoms with Gasteiger partial charge < -0.3 is 72.9 Å². The summed E-state index contributed by atoms with van der Waals surface area (Å²) in [4.78, 5) is 132. The molecule has 2 aliphatic rings. The minimum atomic E-state index is -0.790. The van der Waals surface area contributed by atoms with E-state index in [-0.39, 0.29) is 169 Å². The number of thioether (sulfide) groups is 1. The molecule has 2 aliphatic heterocycles. The highest BCUT2D eigenvalue weighted by atomic mass is 32.2. The molecule has 450 valence electrons. The number of nitrogens with one attached hydrogen (secondary N) is 10. The van der Waals surface area contributed by atoms with Gasteiger partial charge in [0, 0.05) is 63.0 Å². The number of nitrogens with two attached hydrogens (primary N) is 2. The number of ketones is 2. The quantitative estimate of drug-likeness (QED) is 0.0223. The van der Waals surface area contributed by atoms with Crippen LogP contribution in [0.4, 0.5) is 4.79 Å². The number of carbonyl (C=O) groups is 11. The molecule has 0 aromatic rings. The van der Waals surface area contributed by atoms with Crippen molar-refractivity contribution < 1.29 is 71.7 Å². The SMILES string of the molecule is CC(=O)CN[C@@H](CCCCNC(=O)COCCOCCNC(=O)COCCOCCNC(=O)CCCC(=O)NCCCC[C@H](NC(=O)CCCC[C@@H]1SC[C@@H]2NC(=O)N[C@@H]21)C(=O)NCCCC[C@H](NCC(C)=O)C(N)=O)C(N)=O. The Labute approximate surface area is 468 Å². The van der Waals surface area contributed by atoms with Crippen LogP contribution in [0.2, 0.25) is 0 Å². The molecule has 0 radical (unpaired) electrons. The summed E-state index contributed by atoms with van der Waals surface area (Å²) in [5.74, 6) is -2.08. The minimum Gasteiger partial charge on any atom is -0.377 e. The number of fused-ring (bicyclic) bond motifs is 1. The lowest BCUT2D eigenvalue weighted by molar-refractivity contribution is -0.129. The third kappa shape index (κ3) is 35.7. The van der Waals surface area contributed by atoms with E-state index in [1.165, 1.54) is 13.8 Å². The van der Waals surface area contributed by atoms with Crippen molar-refractivity contribution in [3.63, 3.8) is 0 Å². The maximum atomic E-state index is 13.3. The van der Waals surface area contributed by atoms with E-state index in [9.17, 15) is 52.7 Å². The molecule has 2 fully saturated rings. The number of amides is 10. The molecule has 0 bridgehead atoms. The van der Waals surface area contributed by atoms with Gasteiger partial charge in [-0.2, -0.15) is 11.8 Å². The monoisotopic (exact) mass is 1140 g/mol. The molecule has 0 saturated carbocycles. The van der Waals surface area contributed by atoms with E-state index in [0.29, 0.717) is 90.3 Å². The topological polar surface area (TPSA) is 397 Å². The molecule has 0 aromatic heterocycles. The Morgan fingerprint density at radius 1 is 0.519 bits per heavy atom. The van der Waals surface area contributed by atoms with Gasteiger partial charge in [-0.1, -0.05) is 6.42 Å². The van der Waals surface area contributed by atoms with Crippen molar-refractivity contribution in [2.45, 2.75) is 152 Å². The van der Waals surface area contributed by atoms with Crippen LogP contribution in [0.5, 0.6) is 0 Å². The molecule has 28 heteroatoms. The lowest BCUT2D eigenvalue weighted by atomic mass is 10.0. The second-order valence-electron chi connectivity index (χ2n) is 19.4. The van der Waals surface area contributed by atoms with Gasteiger partial charge in [-0.3, -0.25) is 58.6 Å². The van der Waals surface area contributed by atoms with Crippen LogP contribution in [0, 0.1) is 0 Å². The van der Waals surface area contributed by atoms with Crippen LogP contribution in [-0.4, -0.2) is 205 Å². The maximum Gasteiger partial charge on any atom is 0.315 e. The second kappa shape index (κ2) is 43.3. The first-order chi connectivity index (χ1) is 37.9. The van der Waals surface area contributed by atoms with Crippen LogP contribution >= 0.6 is 11.8 Å². The van der Waals surface area contributed by atoms with Gasteiger partial charge in [-0.15, -0.1) is 0 Å². The minimum absolute atomic E-state index is 0.0315. The van der Waals surface area contributed by atoms with E-state index < -0.39 is 29.9 Å². The number of hydrogen-bond acceptors (Lipinski definition) is 18. The van der Waals surface area contributed by atoms with E-state index in [4.69, 9.17) is 30.4 Å². The molecule has 0 aromatic carbocycles. The Kier molecular flexibility index (Phi) is 38.1. The van der Waals surface area contributed by atoms with Gasteiger partial charge in [0.2, 0.25) is 47.3 Å². The second-order valence-corrected chi connectivity index (χ2v) is 20.7. The molecular formula is C51H90N12O15S. The first-order valence-corrected chi connectivity index (χ1v) is 28.7. The smallest absolute Gasteiger partial charge is 0.315 e. The lowest BCUT2D eigenvalue weighted by Gasteiger charge is -2.19. The third-order valence-electron chi connectivity index (χ3n) is 12.5. The fourth-order valence-corrected chi connectivity index (χ4v) is 9.77. The zero-order valence-corrected chi connectivity index (χ0v) is 47.1. The fraction of sp³-hybridized carbons (Fsp3) is 0.784. The van der Waals surface area contributed by atoms with Gasteiger partial charge in [0.05, 0.1) is 76.9 Å². The van der Waals surface area contributed by atoms with Crippen LogP contribution in [-0.2, 0) is 66.9 Å². The highest BCUT2D eigenvalue weighted by molar-refractivity contribution is 8.00. The molecule has 14 N–H and O–H groups in total.